The molecular formula is C21H22N4O3S2. The summed E-state index contributed by atoms with van der Waals surface area (Å²) >= 11 is 1.44. The summed E-state index contributed by atoms with van der Waals surface area (Å²) in [4.78, 5) is 21.4. The average molecular weight is 443 g/mol. The molecule has 0 atom stereocenters. The number of rotatable bonds is 7. The van der Waals surface area contributed by atoms with Crippen molar-refractivity contribution >= 4 is 39.3 Å². The van der Waals surface area contributed by atoms with Crippen LogP contribution in [0.1, 0.15) is 17.0 Å². The first-order valence-corrected chi connectivity index (χ1v) is 11.6. The fraction of sp³-hybridized carbons (Fsp3) is 0.190. The molecule has 156 valence electrons. The van der Waals surface area contributed by atoms with Crippen LogP contribution in [0.5, 0.6) is 0 Å². The molecule has 1 amide bonds. The molecule has 0 radical (unpaired) electrons. The van der Waals surface area contributed by atoms with E-state index in [0.717, 1.165) is 10.5 Å². The number of amides is 1. The van der Waals surface area contributed by atoms with Crippen LogP contribution in [0.2, 0.25) is 0 Å². The normalized spacial score (nSPS) is 11.2. The van der Waals surface area contributed by atoms with Crippen molar-refractivity contribution in [1.82, 2.24) is 9.97 Å². The third-order valence-electron chi connectivity index (χ3n) is 4.05. The quantitative estimate of drug-likeness (QED) is 0.538. The van der Waals surface area contributed by atoms with Crippen LogP contribution >= 0.6 is 11.8 Å². The number of aryl methyl sites for hydroxylation is 3. The summed E-state index contributed by atoms with van der Waals surface area (Å²) in [5.41, 5.74) is 3.02. The molecule has 0 fully saturated rings. The van der Waals surface area contributed by atoms with Gasteiger partial charge in [-0.1, -0.05) is 17.7 Å². The van der Waals surface area contributed by atoms with Crippen molar-refractivity contribution in [3.05, 3.63) is 71.5 Å². The monoisotopic (exact) mass is 442 g/mol. The van der Waals surface area contributed by atoms with E-state index in [-0.39, 0.29) is 22.5 Å². The van der Waals surface area contributed by atoms with Gasteiger partial charge in [0.2, 0.25) is 11.9 Å². The molecule has 0 spiro atoms. The topological polar surface area (TPSA) is 101 Å². The molecule has 2 aromatic carbocycles. The molecule has 0 bridgehead atoms. The molecule has 1 heterocycles. The maximum Gasteiger partial charge on any atom is 0.264 e. The Kier molecular flexibility index (Phi) is 6.73. The summed E-state index contributed by atoms with van der Waals surface area (Å²) in [6, 6.07) is 15.6. The summed E-state index contributed by atoms with van der Waals surface area (Å²) in [6.07, 6.45) is 0. The highest BCUT2D eigenvalue weighted by atomic mass is 32.2. The molecule has 7 nitrogen and oxygen atoms in total. The highest BCUT2D eigenvalue weighted by Crippen LogP contribution is 2.20. The first-order valence-electron chi connectivity index (χ1n) is 9.16. The molecular weight excluding hydrogens is 420 g/mol. The lowest BCUT2D eigenvalue weighted by Crippen LogP contribution is -2.16. The fourth-order valence-corrected chi connectivity index (χ4v) is 4.29. The van der Waals surface area contributed by atoms with Gasteiger partial charge in [-0.15, -0.1) is 11.8 Å². The zero-order valence-corrected chi connectivity index (χ0v) is 18.5. The van der Waals surface area contributed by atoms with E-state index in [1.54, 1.807) is 32.0 Å². The first-order chi connectivity index (χ1) is 14.2. The predicted molar refractivity (Wildman–Crippen MR) is 119 cm³/mol. The van der Waals surface area contributed by atoms with Crippen LogP contribution in [0.4, 0.5) is 11.6 Å². The van der Waals surface area contributed by atoms with Gasteiger partial charge in [-0.2, -0.15) is 0 Å². The lowest BCUT2D eigenvalue weighted by molar-refractivity contribution is -0.113. The summed E-state index contributed by atoms with van der Waals surface area (Å²) in [7, 11) is -3.83. The van der Waals surface area contributed by atoms with E-state index < -0.39 is 10.0 Å². The Bertz CT molecular complexity index is 1130. The summed E-state index contributed by atoms with van der Waals surface area (Å²) < 4.78 is 27.5. The van der Waals surface area contributed by atoms with Crippen molar-refractivity contribution in [3.8, 4) is 0 Å². The minimum atomic E-state index is -3.83. The van der Waals surface area contributed by atoms with E-state index in [9.17, 15) is 13.2 Å². The number of anilines is 2. The number of sulfonamides is 1. The van der Waals surface area contributed by atoms with Gasteiger partial charge in [0, 0.05) is 22.0 Å². The maximum atomic E-state index is 12.6. The summed E-state index contributed by atoms with van der Waals surface area (Å²) in [5.74, 6) is 0.116. The number of benzene rings is 2. The molecule has 1 aromatic heterocycles. The van der Waals surface area contributed by atoms with Crippen LogP contribution in [0.15, 0.2) is 64.4 Å². The van der Waals surface area contributed by atoms with Gasteiger partial charge in [0.25, 0.3) is 10.0 Å². The zero-order chi connectivity index (χ0) is 21.7. The third kappa shape index (κ3) is 6.04. The molecule has 9 heteroatoms. The standard InChI is InChI=1S/C21H22N4O3S2/c1-14-4-8-18(9-5-14)29-13-20(26)24-17-6-10-19(11-7-17)30(27,28)25-21-22-15(2)12-16(3)23-21/h4-12H,13H2,1-3H3,(H,24,26)(H,22,23,25). The molecule has 0 aliphatic carbocycles. The summed E-state index contributed by atoms with van der Waals surface area (Å²) in [6.45, 7) is 5.54. The molecule has 0 saturated carbocycles. The van der Waals surface area contributed by atoms with Crippen molar-refractivity contribution in [3.63, 3.8) is 0 Å². The second-order valence-electron chi connectivity index (χ2n) is 6.75. The highest BCUT2D eigenvalue weighted by Gasteiger charge is 2.16. The van der Waals surface area contributed by atoms with Gasteiger partial charge in [-0.3, -0.25) is 4.79 Å². The van der Waals surface area contributed by atoms with Crippen LogP contribution in [0, 0.1) is 20.8 Å². The number of hydrogen-bond acceptors (Lipinski definition) is 6. The van der Waals surface area contributed by atoms with Gasteiger partial charge < -0.3 is 5.32 Å². The Morgan fingerprint density at radius 2 is 1.53 bits per heavy atom. The van der Waals surface area contributed by atoms with Crippen molar-refractivity contribution in [2.75, 3.05) is 15.8 Å². The molecule has 0 aliphatic heterocycles. The van der Waals surface area contributed by atoms with Crippen molar-refractivity contribution < 1.29 is 13.2 Å². The van der Waals surface area contributed by atoms with Gasteiger partial charge in [0.15, 0.2) is 0 Å². The minimum absolute atomic E-state index is 0.0259. The fourth-order valence-electron chi connectivity index (χ4n) is 2.65. The van der Waals surface area contributed by atoms with E-state index in [1.807, 2.05) is 31.2 Å². The van der Waals surface area contributed by atoms with Crippen LogP contribution in [-0.4, -0.2) is 30.0 Å². The SMILES string of the molecule is Cc1ccc(SCC(=O)Nc2ccc(S(=O)(=O)Nc3nc(C)cc(C)n3)cc2)cc1. The van der Waals surface area contributed by atoms with Crippen LogP contribution in [-0.2, 0) is 14.8 Å². The van der Waals surface area contributed by atoms with Crippen molar-refractivity contribution in [2.45, 2.75) is 30.6 Å². The Labute approximate surface area is 180 Å². The third-order valence-corrected chi connectivity index (χ3v) is 6.40. The molecule has 2 N–H and O–H groups in total. The van der Waals surface area contributed by atoms with E-state index in [1.165, 1.54) is 23.9 Å². The van der Waals surface area contributed by atoms with Crippen LogP contribution in [0.25, 0.3) is 0 Å². The van der Waals surface area contributed by atoms with E-state index in [0.29, 0.717) is 17.1 Å². The van der Waals surface area contributed by atoms with Crippen LogP contribution in [0.3, 0.4) is 0 Å². The number of aromatic nitrogens is 2. The number of carbonyl (C=O) groups excluding carboxylic acids is 1. The van der Waals surface area contributed by atoms with Crippen LogP contribution < -0.4 is 10.0 Å². The number of nitrogens with zero attached hydrogens (tertiary/aromatic N) is 2. The number of hydrogen-bond donors (Lipinski definition) is 2. The Hall–Kier alpha value is -2.91. The lowest BCUT2D eigenvalue weighted by atomic mass is 10.2. The Morgan fingerprint density at radius 3 is 2.13 bits per heavy atom. The van der Waals surface area contributed by atoms with E-state index in [2.05, 4.69) is 20.0 Å². The number of nitrogens with one attached hydrogen (secondary N) is 2. The van der Waals surface area contributed by atoms with Crippen molar-refractivity contribution in [1.29, 1.82) is 0 Å². The first kappa shape index (κ1) is 21.8. The second kappa shape index (κ2) is 9.27. The molecule has 0 saturated heterocycles. The molecule has 0 unspecified atom stereocenters. The Balaban J connectivity index is 1.60. The molecule has 30 heavy (non-hydrogen) atoms. The smallest absolute Gasteiger partial charge is 0.264 e. The summed E-state index contributed by atoms with van der Waals surface area (Å²) in [5, 5.41) is 2.77. The Morgan fingerprint density at radius 1 is 0.933 bits per heavy atom. The minimum Gasteiger partial charge on any atom is -0.325 e. The molecule has 0 aliphatic rings. The zero-order valence-electron chi connectivity index (χ0n) is 16.8. The van der Waals surface area contributed by atoms with Gasteiger partial charge in [-0.05, 0) is 63.2 Å². The van der Waals surface area contributed by atoms with E-state index in [4.69, 9.17) is 0 Å². The highest BCUT2D eigenvalue weighted by molar-refractivity contribution is 8.00. The molecule has 3 rings (SSSR count). The second-order valence-corrected chi connectivity index (χ2v) is 9.49. The molecule has 3 aromatic rings. The van der Waals surface area contributed by atoms with Gasteiger partial charge in [0.05, 0.1) is 10.6 Å². The lowest BCUT2D eigenvalue weighted by Gasteiger charge is -2.09. The predicted octanol–water partition coefficient (Wildman–Crippen LogP) is 3.93. The van der Waals surface area contributed by atoms with Gasteiger partial charge >= 0.3 is 0 Å². The largest absolute Gasteiger partial charge is 0.325 e. The average Bonchev–Trinajstić information content (AvgIpc) is 2.67. The van der Waals surface area contributed by atoms with Crippen molar-refractivity contribution in [2.24, 2.45) is 0 Å². The van der Waals surface area contributed by atoms with Gasteiger partial charge in [0.1, 0.15) is 0 Å². The maximum absolute atomic E-state index is 12.6. The van der Waals surface area contributed by atoms with Gasteiger partial charge in [-0.25, -0.2) is 23.1 Å². The van der Waals surface area contributed by atoms with E-state index >= 15 is 0 Å². The number of carbonyl (C=O) groups is 1. The number of thioether (sulfide) groups is 1.